The average Bonchev–Trinajstić information content (AvgIpc) is 3.39. The molecule has 0 aromatic heterocycles. The molecule has 5 nitrogen and oxygen atoms in total. The van der Waals surface area contributed by atoms with Crippen LogP contribution in [-0.2, 0) is 19.0 Å². The smallest absolute Gasteiger partial charge is 0.336 e. The lowest BCUT2D eigenvalue weighted by Gasteiger charge is -2.60. The van der Waals surface area contributed by atoms with E-state index in [1.807, 2.05) is 6.92 Å². The molecule has 0 aromatic carbocycles. The van der Waals surface area contributed by atoms with Gasteiger partial charge in [-0.15, -0.1) is 0 Å². The van der Waals surface area contributed by atoms with Crippen molar-refractivity contribution in [3.8, 4) is 0 Å². The number of hydrogen-bond donors (Lipinski definition) is 1. The number of ether oxygens (including phenoxy) is 3. The van der Waals surface area contributed by atoms with Gasteiger partial charge in [0.2, 0.25) is 0 Å². The molecule has 1 N–H and O–H groups in total. The van der Waals surface area contributed by atoms with Crippen molar-refractivity contribution < 1.29 is 24.1 Å². The second kappa shape index (κ2) is 3.85. The number of rotatable bonds is 0. The molecule has 3 aliphatic heterocycles. The molecule has 0 aromatic rings. The molecule has 25 heavy (non-hydrogen) atoms. The van der Waals surface area contributed by atoms with Gasteiger partial charge >= 0.3 is 5.97 Å². The molecule has 6 rings (SSSR count). The fraction of sp³-hybridized carbons (Fsp3) is 0.850. The van der Waals surface area contributed by atoms with E-state index in [1.54, 1.807) is 0 Å². The number of epoxide rings is 2. The van der Waals surface area contributed by atoms with Gasteiger partial charge in [-0.1, -0.05) is 20.8 Å². The zero-order chi connectivity index (χ0) is 17.6. The van der Waals surface area contributed by atoms with Crippen molar-refractivity contribution in [2.45, 2.75) is 83.1 Å². The van der Waals surface area contributed by atoms with Crippen LogP contribution >= 0.6 is 0 Å². The molecule has 0 amide bonds. The van der Waals surface area contributed by atoms with Crippen molar-refractivity contribution in [1.82, 2.24) is 0 Å². The summed E-state index contributed by atoms with van der Waals surface area (Å²) in [6, 6.07) is 0. The van der Waals surface area contributed by atoms with Gasteiger partial charge in [-0.25, -0.2) is 4.79 Å². The molecule has 0 bridgehead atoms. The first-order chi connectivity index (χ1) is 11.7. The largest absolute Gasteiger partial charge is 0.422 e. The number of aliphatic hydroxyl groups excluding tert-OH is 1. The summed E-state index contributed by atoms with van der Waals surface area (Å²) in [6.07, 6.45) is 3.49. The molecule has 2 saturated heterocycles. The van der Waals surface area contributed by atoms with E-state index in [4.69, 9.17) is 14.2 Å². The van der Waals surface area contributed by atoms with Crippen molar-refractivity contribution in [3.05, 3.63) is 11.1 Å². The van der Waals surface area contributed by atoms with Crippen molar-refractivity contribution in [1.29, 1.82) is 0 Å². The number of fused-ring (bicyclic) bond motifs is 4. The molecule has 5 heteroatoms. The minimum atomic E-state index is -0.832. The fourth-order valence-electron chi connectivity index (χ4n) is 7.51. The molecular formula is C20H26O5. The third-order valence-electron chi connectivity index (χ3n) is 8.81. The van der Waals surface area contributed by atoms with E-state index in [0.29, 0.717) is 11.5 Å². The summed E-state index contributed by atoms with van der Waals surface area (Å²) >= 11 is 0. The molecule has 0 unspecified atom stereocenters. The normalized spacial score (nSPS) is 59.9. The minimum Gasteiger partial charge on any atom is -0.422 e. The predicted octanol–water partition coefficient (Wildman–Crippen LogP) is 2.32. The molecule has 2 spiro atoms. The van der Waals surface area contributed by atoms with Gasteiger partial charge in [-0.05, 0) is 49.4 Å². The number of carbonyl (C=O) groups is 1. The number of hydrogen-bond acceptors (Lipinski definition) is 5. The summed E-state index contributed by atoms with van der Waals surface area (Å²) in [5.41, 5.74) is 1.40. The summed E-state index contributed by atoms with van der Waals surface area (Å²) in [5, 5.41) is 10.6. The van der Waals surface area contributed by atoms with Crippen LogP contribution in [0.4, 0.5) is 0 Å². The highest BCUT2D eigenvalue weighted by molar-refractivity contribution is 5.93. The van der Waals surface area contributed by atoms with Gasteiger partial charge in [0.15, 0.2) is 0 Å². The van der Waals surface area contributed by atoms with Crippen LogP contribution in [-0.4, -0.2) is 40.8 Å². The van der Waals surface area contributed by atoms with E-state index in [1.165, 1.54) is 0 Å². The second-order valence-corrected chi connectivity index (χ2v) is 10.0. The lowest BCUT2D eigenvalue weighted by molar-refractivity contribution is -0.161. The van der Waals surface area contributed by atoms with E-state index in [2.05, 4.69) is 20.8 Å². The number of aliphatic hydroxyl groups is 1. The Morgan fingerprint density at radius 1 is 1.12 bits per heavy atom. The highest BCUT2D eigenvalue weighted by atomic mass is 16.8. The van der Waals surface area contributed by atoms with E-state index in [0.717, 1.165) is 31.3 Å². The number of carbonyl (C=O) groups excluding carboxylic acids is 1. The average molecular weight is 346 g/mol. The Kier molecular flexibility index (Phi) is 2.34. The summed E-state index contributed by atoms with van der Waals surface area (Å²) < 4.78 is 18.3. The van der Waals surface area contributed by atoms with E-state index in [9.17, 15) is 9.90 Å². The lowest BCUT2D eigenvalue weighted by Crippen LogP contribution is -2.62. The number of esters is 1. The van der Waals surface area contributed by atoms with Crippen molar-refractivity contribution in [2.75, 3.05) is 0 Å². The molecule has 0 radical (unpaired) electrons. The summed E-state index contributed by atoms with van der Waals surface area (Å²) in [6.45, 7) is 8.62. The van der Waals surface area contributed by atoms with Crippen molar-refractivity contribution >= 4 is 5.97 Å². The van der Waals surface area contributed by atoms with Crippen LogP contribution in [0.5, 0.6) is 0 Å². The van der Waals surface area contributed by atoms with Crippen molar-refractivity contribution in [2.24, 2.45) is 22.7 Å². The Balaban J connectivity index is 1.48. The lowest BCUT2D eigenvalue weighted by atomic mass is 9.43. The van der Waals surface area contributed by atoms with Crippen LogP contribution < -0.4 is 0 Å². The quantitative estimate of drug-likeness (QED) is 0.538. The molecule has 3 saturated carbocycles. The maximum Gasteiger partial charge on any atom is 0.336 e. The molecule has 6 aliphatic rings. The minimum absolute atomic E-state index is 0.0181. The molecular weight excluding hydrogens is 320 g/mol. The molecule has 3 aliphatic carbocycles. The summed E-state index contributed by atoms with van der Waals surface area (Å²) in [7, 11) is 0. The first kappa shape index (κ1) is 15.2. The topological polar surface area (TPSA) is 71.6 Å². The summed E-state index contributed by atoms with van der Waals surface area (Å²) in [4.78, 5) is 12.2. The van der Waals surface area contributed by atoms with Gasteiger partial charge in [0.25, 0.3) is 5.79 Å². The van der Waals surface area contributed by atoms with E-state index < -0.39 is 5.79 Å². The second-order valence-electron chi connectivity index (χ2n) is 10.0. The van der Waals surface area contributed by atoms with Crippen LogP contribution in [0.15, 0.2) is 11.1 Å². The van der Waals surface area contributed by atoms with E-state index in [-0.39, 0.29) is 46.6 Å². The van der Waals surface area contributed by atoms with Gasteiger partial charge in [0.1, 0.15) is 17.8 Å². The Morgan fingerprint density at radius 2 is 1.88 bits per heavy atom. The maximum atomic E-state index is 12.2. The van der Waals surface area contributed by atoms with Gasteiger partial charge in [0, 0.05) is 17.1 Å². The van der Waals surface area contributed by atoms with Gasteiger partial charge < -0.3 is 19.3 Å². The Morgan fingerprint density at radius 3 is 2.64 bits per heavy atom. The molecule has 5 fully saturated rings. The zero-order valence-electron chi connectivity index (χ0n) is 15.3. The first-order valence-corrected chi connectivity index (χ1v) is 9.67. The van der Waals surface area contributed by atoms with E-state index >= 15 is 0 Å². The Labute approximate surface area is 147 Å². The summed E-state index contributed by atoms with van der Waals surface area (Å²) in [5.74, 6) is -0.420. The fourth-order valence-corrected chi connectivity index (χ4v) is 7.51. The van der Waals surface area contributed by atoms with Gasteiger partial charge in [-0.2, -0.15) is 0 Å². The monoisotopic (exact) mass is 346 g/mol. The van der Waals surface area contributed by atoms with Crippen LogP contribution in [0.25, 0.3) is 0 Å². The standard InChI is InChI=1S/C20H26O5/c1-9-12-14-19(23-14)8-5-10-17(2,3)11(21)6-7-18(10,4)13(19)15-20(12,24-15)25-16(9)22/h10-11,13-15,21H,5-8H2,1-4H3/t10-,11+,13+,14-,15+,18+,19+,20+/m1/s1. The van der Waals surface area contributed by atoms with Crippen molar-refractivity contribution in [3.63, 3.8) is 0 Å². The van der Waals surface area contributed by atoms with Crippen LogP contribution in [0.2, 0.25) is 0 Å². The highest BCUT2D eigenvalue weighted by Gasteiger charge is 2.88. The van der Waals surface area contributed by atoms with Crippen LogP contribution in [0.3, 0.4) is 0 Å². The maximum absolute atomic E-state index is 12.2. The van der Waals surface area contributed by atoms with Gasteiger partial charge in [-0.3, -0.25) is 0 Å². The highest BCUT2D eigenvalue weighted by Crippen LogP contribution is 2.77. The van der Waals surface area contributed by atoms with Gasteiger partial charge in [0.05, 0.1) is 6.10 Å². The van der Waals surface area contributed by atoms with Crippen LogP contribution in [0, 0.1) is 22.7 Å². The predicted molar refractivity (Wildman–Crippen MR) is 87.3 cm³/mol. The first-order valence-electron chi connectivity index (χ1n) is 9.67. The van der Waals surface area contributed by atoms with Crippen LogP contribution in [0.1, 0.15) is 53.4 Å². The molecule has 136 valence electrons. The zero-order valence-corrected chi connectivity index (χ0v) is 15.3. The Hall–Kier alpha value is -0.910. The SMILES string of the molecule is CC1=C2[C@H]3O[C@]34CC[C@@H]3C(C)(C)[C@@H](O)CC[C@]3(C)[C@@H]4[C@@H]3O[C@]23OC1=O. The Bertz CT molecular complexity index is 755. The third-order valence-corrected chi connectivity index (χ3v) is 8.81. The third kappa shape index (κ3) is 1.39. The molecule has 3 heterocycles. The molecule has 8 atom stereocenters.